The van der Waals surface area contributed by atoms with Gasteiger partial charge in [-0.3, -0.25) is 4.57 Å². The van der Waals surface area contributed by atoms with E-state index in [4.69, 9.17) is 0 Å². The lowest BCUT2D eigenvalue weighted by Crippen LogP contribution is -2.37. The molecule has 1 fully saturated rings. The normalized spacial score (nSPS) is 16.2. The molecule has 3 aromatic rings. The van der Waals surface area contributed by atoms with Gasteiger partial charge in [0, 0.05) is 19.1 Å². The molecule has 4 nitrogen and oxygen atoms in total. The number of H-pyrrole nitrogens is 1. The van der Waals surface area contributed by atoms with Crippen molar-refractivity contribution in [3.63, 3.8) is 0 Å². The van der Waals surface area contributed by atoms with Crippen molar-refractivity contribution < 1.29 is 4.39 Å². The largest absolute Gasteiger partial charge is 0.326 e. The number of piperidine rings is 1. The molecule has 2 heterocycles. The van der Waals surface area contributed by atoms with Gasteiger partial charge >= 0.3 is 5.69 Å². The Kier molecular flexibility index (Phi) is 5.39. The van der Waals surface area contributed by atoms with E-state index >= 15 is 0 Å². The Bertz CT molecular complexity index is 936. The maximum atomic E-state index is 12.9. The van der Waals surface area contributed by atoms with Gasteiger partial charge in [0.1, 0.15) is 5.82 Å². The lowest BCUT2D eigenvalue weighted by Gasteiger charge is -2.32. The van der Waals surface area contributed by atoms with Crippen molar-refractivity contribution in [2.75, 3.05) is 19.6 Å². The van der Waals surface area contributed by atoms with E-state index < -0.39 is 0 Å². The zero-order valence-electron chi connectivity index (χ0n) is 15.5. The average Bonchev–Trinajstić information content (AvgIpc) is 3.03. The van der Waals surface area contributed by atoms with Crippen molar-refractivity contribution in [1.29, 1.82) is 0 Å². The zero-order chi connectivity index (χ0) is 18.6. The van der Waals surface area contributed by atoms with Gasteiger partial charge in [0.05, 0.1) is 11.0 Å². The molecule has 0 saturated carbocycles. The fourth-order valence-electron chi connectivity index (χ4n) is 4.15. The summed E-state index contributed by atoms with van der Waals surface area (Å²) in [5.41, 5.74) is 3.15. The van der Waals surface area contributed by atoms with Gasteiger partial charge in [-0.15, -0.1) is 0 Å². The molecule has 142 valence electrons. The van der Waals surface area contributed by atoms with E-state index in [0.29, 0.717) is 0 Å². The second kappa shape index (κ2) is 8.09. The summed E-state index contributed by atoms with van der Waals surface area (Å²) in [4.78, 5) is 17.8. The summed E-state index contributed by atoms with van der Waals surface area (Å²) in [5.74, 6) is -0.170. The Morgan fingerprint density at radius 2 is 1.74 bits per heavy atom. The first-order valence-electron chi connectivity index (χ1n) is 9.87. The summed E-state index contributed by atoms with van der Waals surface area (Å²) < 4.78 is 14.9. The maximum Gasteiger partial charge on any atom is 0.326 e. The molecular weight excluding hydrogens is 341 g/mol. The molecule has 4 rings (SSSR count). The van der Waals surface area contributed by atoms with Crippen LogP contribution in [0, 0.1) is 5.82 Å². The Hall–Kier alpha value is -2.40. The number of imidazole rings is 1. The molecule has 1 saturated heterocycles. The van der Waals surface area contributed by atoms with E-state index in [1.165, 1.54) is 17.7 Å². The zero-order valence-corrected chi connectivity index (χ0v) is 15.5. The van der Waals surface area contributed by atoms with Gasteiger partial charge in [0.25, 0.3) is 0 Å². The fraction of sp³-hybridized carbons (Fsp3) is 0.409. The van der Waals surface area contributed by atoms with Gasteiger partial charge in [-0.2, -0.15) is 0 Å². The topological polar surface area (TPSA) is 41.0 Å². The van der Waals surface area contributed by atoms with Gasteiger partial charge < -0.3 is 9.88 Å². The molecule has 1 N–H and O–H groups in total. The number of nitrogens with one attached hydrogen (secondary N) is 1. The average molecular weight is 367 g/mol. The summed E-state index contributed by atoms with van der Waals surface area (Å²) in [6, 6.07) is 15.0. The van der Waals surface area contributed by atoms with E-state index in [0.717, 1.165) is 62.8 Å². The summed E-state index contributed by atoms with van der Waals surface area (Å²) in [6.07, 6.45) is 5.30. The van der Waals surface area contributed by atoms with E-state index in [1.807, 2.05) is 41.0 Å². The number of aromatic nitrogens is 2. The third-order valence-corrected chi connectivity index (χ3v) is 5.65. The van der Waals surface area contributed by atoms with Crippen molar-refractivity contribution in [2.45, 2.75) is 38.1 Å². The predicted molar refractivity (Wildman–Crippen MR) is 107 cm³/mol. The number of aryl methyl sites for hydroxylation is 1. The molecule has 2 aromatic carbocycles. The van der Waals surface area contributed by atoms with Gasteiger partial charge in [-0.05, 0) is 68.5 Å². The fourth-order valence-corrected chi connectivity index (χ4v) is 4.15. The summed E-state index contributed by atoms with van der Waals surface area (Å²) in [6.45, 7) is 3.16. The van der Waals surface area contributed by atoms with Gasteiger partial charge in [-0.1, -0.05) is 24.3 Å². The number of nitrogens with zero attached hydrogens (tertiary/aromatic N) is 2. The van der Waals surface area contributed by atoms with Crippen LogP contribution in [0.1, 0.15) is 37.3 Å². The molecule has 0 aliphatic carbocycles. The number of hydrogen-bond acceptors (Lipinski definition) is 2. The molecular formula is C22H26FN3O. The minimum Gasteiger partial charge on any atom is -0.306 e. The van der Waals surface area contributed by atoms with Crippen LogP contribution in [0.2, 0.25) is 0 Å². The summed E-state index contributed by atoms with van der Waals surface area (Å²) >= 11 is 0. The van der Waals surface area contributed by atoms with Crippen LogP contribution in [0.3, 0.4) is 0 Å². The number of fused-ring (bicyclic) bond motifs is 1. The number of unbranched alkanes of at least 4 members (excludes halogenated alkanes) is 1. The van der Waals surface area contributed by atoms with Gasteiger partial charge in [-0.25, -0.2) is 9.18 Å². The summed E-state index contributed by atoms with van der Waals surface area (Å²) in [5, 5.41) is 0. The third kappa shape index (κ3) is 4.14. The van der Waals surface area contributed by atoms with Crippen LogP contribution in [0.4, 0.5) is 4.39 Å². The number of hydrogen-bond donors (Lipinski definition) is 1. The first kappa shape index (κ1) is 18.0. The maximum absolute atomic E-state index is 12.9. The predicted octanol–water partition coefficient (Wildman–Crippen LogP) is 4.13. The van der Waals surface area contributed by atoms with Crippen LogP contribution in [0.15, 0.2) is 53.3 Å². The minimum atomic E-state index is -0.170. The van der Waals surface area contributed by atoms with Crippen LogP contribution in [-0.2, 0) is 6.42 Å². The molecule has 0 radical (unpaired) electrons. The lowest BCUT2D eigenvalue weighted by atomic mass is 10.0. The molecule has 0 atom stereocenters. The third-order valence-electron chi connectivity index (χ3n) is 5.65. The van der Waals surface area contributed by atoms with E-state index in [1.54, 1.807) is 0 Å². The first-order valence-corrected chi connectivity index (χ1v) is 9.87. The standard InChI is InChI=1S/C22H26FN3O/c23-18-10-8-17(9-11-18)5-3-4-14-25-15-12-19(13-16-25)26-21-7-2-1-6-20(21)24-22(26)27/h1-2,6-11,19H,3-5,12-16H2,(H,24,27). The molecule has 0 unspecified atom stereocenters. The molecule has 0 spiro atoms. The van der Waals surface area contributed by atoms with E-state index in [9.17, 15) is 9.18 Å². The number of para-hydroxylation sites is 2. The minimum absolute atomic E-state index is 0.00829. The second-order valence-corrected chi connectivity index (χ2v) is 7.47. The summed E-state index contributed by atoms with van der Waals surface area (Å²) in [7, 11) is 0. The number of benzene rings is 2. The molecule has 1 aliphatic rings. The first-order chi connectivity index (χ1) is 13.2. The molecule has 5 heteroatoms. The van der Waals surface area contributed by atoms with E-state index in [-0.39, 0.29) is 17.5 Å². The van der Waals surface area contributed by atoms with Crippen molar-refractivity contribution in [2.24, 2.45) is 0 Å². The SMILES string of the molecule is O=c1[nH]c2ccccc2n1C1CCN(CCCCc2ccc(F)cc2)CC1. The highest BCUT2D eigenvalue weighted by Gasteiger charge is 2.23. The number of halogens is 1. The molecule has 1 aliphatic heterocycles. The van der Waals surface area contributed by atoms with Crippen LogP contribution in [0.25, 0.3) is 11.0 Å². The van der Waals surface area contributed by atoms with Crippen LogP contribution in [-0.4, -0.2) is 34.1 Å². The van der Waals surface area contributed by atoms with Crippen molar-refractivity contribution in [1.82, 2.24) is 14.5 Å². The van der Waals surface area contributed by atoms with Crippen LogP contribution < -0.4 is 5.69 Å². The molecule has 0 bridgehead atoms. The highest BCUT2D eigenvalue weighted by atomic mass is 19.1. The Morgan fingerprint density at radius 1 is 1.00 bits per heavy atom. The molecule has 0 amide bonds. The lowest BCUT2D eigenvalue weighted by molar-refractivity contribution is 0.184. The second-order valence-electron chi connectivity index (χ2n) is 7.47. The Balaban J connectivity index is 1.26. The monoisotopic (exact) mass is 367 g/mol. The van der Waals surface area contributed by atoms with E-state index in [2.05, 4.69) is 9.88 Å². The highest BCUT2D eigenvalue weighted by molar-refractivity contribution is 5.75. The number of likely N-dealkylation sites (tertiary alicyclic amines) is 1. The molecule has 1 aromatic heterocycles. The Morgan fingerprint density at radius 3 is 2.52 bits per heavy atom. The highest BCUT2D eigenvalue weighted by Crippen LogP contribution is 2.25. The number of rotatable bonds is 6. The van der Waals surface area contributed by atoms with Crippen LogP contribution in [0.5, 0.6) is 0 Å². The quantitative estimate of drug-likeness (QED) is 0.666. The van der Waals surface area contributed by atoms with Crippen molar-refractivity contribution >= 4 is 11.0 Å². The van der Waals surface area contributed by atoms with Crippen LogP contribution >= 0.6 is 0 Å². The van der Waals surface area contributed by atoms with Crippen molar-refractivity contribution in [3.8, 4) is 0 Å². The van der Waals surface area contributed by atoms with Gasteiger partial charge in [0.15, 0.2) is 0 Å². The van der Waals surface area contributed by atoms with Crippen molar-refractivity contribution in [3.05, 3.63) is 70.4 Å². The molecule has 27 heavy (non-hydrogen) atoms. The Labute approximate surface area is 158 Å². The van der Waals surface area contributed by atoms with Gasteiger partial charge in [0.2, 0.25) is 0 Å². The number of aromatic amines is 1. The smallest absolute Gasteiger partial charge is 0.306 e.